The zero-order valence-corrected chi connectivity index (χ0v) is 13.8. The molecule has 8 nitrogen and oxygen atoms in total. The molecule has 0 fully saturated rings. The monoisotopic (exact) mass is 349 g/mol. The minimum absolute atomic E-state index is 0.258. The van der Waals surface area contributed by atoms with Crippen LogP contribution in [-0.4, -0.2) is 25.4 Å². The van der Waals surface area contributed by atoms with Crippen molar-refractivity contribution in [2.24, 2.45) is 0 Å². The van der Waals surface area contributed by atoms with Gasteiger partial charge in [0.15, 0.2) is 0 Å². The Kier molecular flexibility index (Phi) is 3.65. The molecule has 0 aliphatic carbocycles. The lowest BCUT2D eigenvalue weighted by Crippen LogP contribution is -2.41. The van der Waals surface area contributed by atoms with Gasteiger partial charge in [-0.15, -0.1) is 0 Å². The van der Waals surface area contributed by atoms with Crippen LogP contribution in [0.1, 0.15) is 13.0 Å². The molecule has 1 amide bonds. The molecule has 0 unspecified atom stereocenters. The maximum Gasteiger partial charge on any atom is 0.329 e. The second kappa shape index (κ2) is 5.99. The summed E-state index contributed by atoms with van der Waals surface area (Å²) in [6.07, 6.45) is 0. The number of aromatic nitrogens is 4. The summed E-state index contributed by atoms with van der Waals surface area (Å²) in [5.74, 6) is -0.264. The lowest BCUT2D eigenvalue weighted by atomic mass is 10.2. The van der Waals surface area contributed by atoms with E-state index >= 15 is 0 Å². The van der Waals surface area contributed by atoms with Crippen molar-refractivity contribution in [3.63, 3.8) is 0 Å². The number of carbonyl (C=O) groups is 1. The van der Waals surface area contributed by atoms with Crippen LogP contribution in [0.15, 0.2) is 58.1 Å². The molecule has 0 bridgehead atoms. The van der Waals surface area contributed by atoms with Gasteiger partial charge < -0.3 is 9.97 Å². The van der Waals surface area contributed by atoms with Crippen molar-refractivity contribution in [3.8, 4) is 0 Å². The number of fused-ring (bicyclic) bond motifs is 2. The maximum atomic E-state index is 12.6. The Bertz CT molecular complexity index is 1220. The Hall–Kier alpha value is -3.68. The van der Waals surface area contributed by atoms with Gasteiger partial charge in [-0.1, -0.05) is 24.3 Å². The quantitative estimate of drug-likeness (QED) is 0.523. The topological polar surface area (TPSA) is 113 Å². The average Bonchev–Trinajstić information content (AvgIpc) is 3.03. The third kappa shape index (κ3) is 2.57. The Labute approximate surface area is 146 Å². The number of nitrogens with zero attached hydrogens (tertiary/aromatic N) is 2. The zero-order valence-electron chi connectivity index (χ0n) is 13.8. The van der Waals surface area contributed by atoms with E-state index in [1.165, 1.54) is 6.92 Å². The van der Waals surface area contributed by atoms with Gasteiger partial charge in [-0.25, -0.2) is 14.3 Å². The number of amides is 1. The standard InChI is InChI=1S/C18H15N5O3/c1-10(15(24)22-17-19-13-8-4-5-9-14(13)20-17)23-16(25)11-6-2-3-7-12(11)21-18(23)26/h2-10H,1H3,(H,21,26)(H2,19,20,22,24)/t10-/m0/s1. The Morgan fingerprint density at radius 2 is 1.73 bits per heavy atom. The number of H-pyrrole nitrogens is 2. The molecule has 0 saturated carbocycles. The summed E-state index contributed by atoms with van der Waals surface area (Å²) in [5, 5.41) is 2.96. The number of carbonyl (C=O) groups excluding carboxylic acids is 1. The smallest absolute Gasteiger partial charge is 0.324 e. The van der Waals surface area contributed by atoms with Crippen molar-refractivity contribution in [2.45, 2.75) is 13.0 Å². The Balaban J connectivity index is 1.69. The van der Waals surface area contributed by atoms with Gasteiger partial charge in [0, 0.05) is 0 Å². The normalized spacial score (nSPS) is 12.3. The van der Waals surface area contributed by atoms with Crippen LogP contribution in [0.4, 0.5) is 5.95 Å². The molecule has 4 aromatic rings. The first kappa shape index (κ1) is 15.8. The fourth-order valence-electron chi connectivity index (χ4n) is 2.88. The van der Waals surface area contributed by atoms with Gasteiger partial charge in [-0.3, -0.25) is 14.9 Å². The summed E-state index contributed by atoms with van der Waals surface area (Å²) >= 11 is 0. The van der Waals surface area contributed by atoms with Gasteiger partial charge >= 0.3 is 5.69 Å². The number of para-hydroxylation sites is 3. The summed E-state index contributed by atoms with van der Waals surface area (Å²) in [6, 6.07) is 13.0. The number of benzene rings is 2. The molecule has 8 heteroatoms. The number of nitrogens with one attached hydrogen (secondary N) is 3. The average molecular weight is 349 g/mol. The fraction of sp³-hybridized carbons (Fsp3) is 0.111. The first-order chi connectivity index (χ1) is 12.5. The molecule has 0 spiro atoms. The molecular weight excluding hydrogens is 334 g/mol. The van der Waals surface area contributed by atoms with Crippen molar-refractivity contribution in [1.29, 1.82) is 0 Å². The fourth-order valence-corrected chi connectivity index (χ4v) is 2.88. The molecule has 2 heterocycles. The molecule has 2 aromatic heterocycles. The van der Waals surface area contributed by atoms with E-state index in [1.54, 1.807) is 24.3 Å². The molecule has 0 radical (unpaired) electrons. The van der Waals surface area contributed by atoms with E-state index in [2.05, 4.69) is 20.3 Å². The van der Waals surface area contributed by atoms with Crippen LogP contribution in [0.5, 0.6) is 0 Å². The summed E-state index contributed by atoms with van der Waals surface area (Å²) < 4.78 is 0.903. The van der Waals surface area contributed by atoms with Crippen molar-refractivity contribution in [3.05, 3.63) is 69.4 Å². The van der Waals surface area contributed by atoms with E-state index in [-0.39, 0.29) is 5.95 Å². The van der Waals surface area contributed by atoms with Gasteiger partial charge in [0.25, 0.3) is 5.56 Å². The van der Waals surface area contributed by atoms with Gasteiger partial charge in [-0.2, -0.15) is 0 Å². The summed E-state index contributed by atoms with van der Waals surface area (Å²) in [4.78, 5) is 47.3. The van der Waals surface area contributed by atoms with Crippen molar-refractivity contribution >= 4 is 33.8 Å². The lowest BCUT2D eigenvalue weighted by molar-refractivity contribution is -0.119. The van der Waals surface area contributed by atoms with Crippen LogP contribution >= 0.6 is 0 Å². The first-order valence-corrected chi connectivity index (χ1v) is 8.04. The van der Waals surface area contributed by atoms with Gasteiger partial charge in [-0.05, 0) is 31.2 Å². The van der Waals surface area contributed by atoms with Crippen molar-refractivity contribution < 1.29 is 4.79 Å². The molecule has 4 rings (SSSR count). The van der Waals surface area contributed by atoms with E-state index in [0.717, 1.165) is 10.1 Å². The van der Waals surface area contributed by atoms with E-state index in [9.17, 15) is 14.4 Å². The molecule has 0 aliphatic rings. The SMILES string of the molecule is C[C@@H](C(=O)Nc1nc2ccccc2[nH]1)n1c(=O)[nH]c2ccccc2c1=O. The Morgan fingerprint density at radius 1 is 1.04 bits per heavy atom. The minimum Gasteiger partial charge on any atom is -0.324 e. The number of anilines is 1. The summed E-state index contributed by atoms with van der Waals surface area (Å²) in [7, 11) is 0. The third-order valence-corrected chi connectivity index (χ3v) is 4.23. The van der Waals surface area contributed by atoms with Crippen LogP contribution < -0.4 is 16.6 Å². The molecule has 26 heavy (non-hydrogen) atoms. The van der Waals surface area contributed by atoms with Crippen LogP contribution in [0, 0.1) is 0 Å². The highest BCUT2D eigenvalue weighted by Gasteiger charge is 2.21. The number of aromatic amines is 2. The van der Waals surface area contributed by atoms with E-state index < -0.39 is 23.2 Å². The molecule has 2 aromatic carbocycles. The summed E-state index contributed by atoms with van der Waals surface area (Å²) in [5.41, 5.74) is 0.758. The zero-order chi connectivity index (χ0) is 18.3. The molecule has 0 saturated heterocycles. The number of hydrogen-bond acceptors (Lipinski definition) is 4. The van der Waals surface area contributed by atoms with E-state index in [1.807, 2.05) is 24.3 Å². The highest BCUT2D eigenvalue weighted by Crippen LogP contribution is 2.14. The molecule has 0 aliphatic heterocycles. The van der Waals surface area contributed by atoms with Gasteiger partial charge in [0.1, 0.15) is 6.04 Å². The number of rotatable bonds is 3. The maximum absolute atomic E-state index is 12.6. The highest BCUT2D eigenvalue weighted by molar-refractivity contribution is 5.93. The minimum atomic E-state index is -1.01. The van der Waals surface area contributed by atoms with Crippen LogP contribution in [-0.2, 0) is 4.79 Å². The second-order valence-electron chi connectivity index (χ2n) is 5.92. The largest absolute Gasteiger partial charge is 0.329 e. The van der Waals surface area contributed by atoms with Crippen LogP contribution in [0.2, 0.25) is 0 Å². The van der Waals surface area contributed by atoms with E-state index in [4.69, 9.17) is 0 Å². The first-order valence-electron chi connectivity index (χ1n) is 8.04. The van der Waals surface area contributed by atoms with Crippen LogP contribution in [0.3, 0.4) is 0 Å². The summed E-state index contributed by atoms with van der Waals surface area (Å²) in [6.45, 7) is 1.49. The number of hydrogen-bond donors (Lipinski definition) is 3. The molecule has 130 valence electrons. The van der Waals surface area contributed by atoms with Gasteiger partial charge in [0.2, 0.25) is 11.9 Å². The highest BCUT2D eigenvalue weighted by atomic mass is 16.2. The second-order valence-corrected chi connectivity index (χ2v) is 5.92. The van der Waals surface area contributed by atoms with E-state index in [0.29, 0.717) is 16.4 Å². The van der Waals surface area contributed by atoms with Crippen LogP contribution in [0.25, 0.3) is 21.9 Å². The molecule has 3 N–H and O–H groups in total. The molecule has 1 atom stereocenters. The van der Waals surface area contributed by atoms with Crippen molar-refractivity contribution in [2.75, 3.05) is 5.32 Å². The predicted molar refractivity (Wildman–Crippen MR) is 98.3 cm³/mol. The molecular formula is C18H15N5O3. The van der Waals surface area contributed by atoms with Crippen molar-refractivity contribution in [1.82, 2.24) is 19.5 Å². The predicted octanol–water partition coefficient (Wildman–Crippen LogP) is 1.77. The van der Waals surface area contributed by atoms with Gasteiger partial charge in [0.05, 0.1) is 21.9 Å². The third-order valence-electron chi connectivity index (χ3n) is 4.23. The Morgan fingerprint density at radius 3 is 2.50 bits per heavy atom. The lowest BCUT2D eigenvalue weighted by Gasteiger charge is -2.13. The number of imidazole rings is 1.